The third kappa shape index (κ3) is 9.89. The minimum Gasteiger partial charge on any atom is -0.356 e. The van der Waals surface area contributed by atoms with Gasteiger partial charge in [0.25, 0.3) is 0 Å². The van der Waals surface area contributed by atoms with Gasteiger partial charge in [-0.05, 0) is 45.8 Å². The Morgan fingerprint density at radius 2 is 1.96 bits per heavy atom. The Morgan fingerprint density at radius 3 is 2.60 bits per heavy atom. The Kier molecular flexibility index (Phi) is 10.2. The van der Waals surface area contributed by atoms with E-state index >= 15 is 0 Å². The fraction of sp³-hybridized carbons (Fsp3) is 0.941. The third-order valence-electron chi connectivity index (χ3n) is 4.59. The van der Waals surface area contributed by atoms with Gasteiger partial charge in [-0.3, -0.25) is 14.8 Å². The molecule has 1 fully saturated rings. The lowest BCUT2D eigenvalue weighted by atomic mass is 10.0. The summed E-state index contributed by atoms with van der Waals surface area (Å²) in [7, 11) is 3.20. The molecule has 1 aliphatic heterocycles. The number of aliphatic imine (C=N–C) groups is 1. The molecular weight excluding hydrogens is 331 g/mol. The molecule has 148 valence electrons. The monoisotopic (exact) mass is 365 g/mol. The molecule has 8 heteroatoms. The predicted molar refractivity (Wildman–Crippen MR) is 97.0 cm³/mol. The van der Waals surface area contributed by atoms with E-state index in [0.717, 1.165) is 19.6 Å². The average molecular weight is 365 g/mol. The Morgan fingerprint density at radius 1 is 1.24 bits per heavy atom. The van der Waals surface area contributed by atoms with Crippen molar-refractivity contribution in [3.63, 3.8) is 0 Å². The van der Waals surface area contributed by atoms with Crippen LogP contribution in [0.1, 0.15) is 39.0 Å². The average Bonchev–Trinajstić information content (AvgIpc) is 2.55. The maximum atomic E-state index is 12.3. The van der Waals surface area contributed by atoms with Gasteiger partial charge in [0.05, 0.1) is 6.54 Å². The van der Waals surface area contributed by atoms with Crippen LogP contribution in [0.25, 0.3) is 0 Å². The fourth-order valence-electron chi connectivity index (χ4n) is 3.30. The van der Waals surface area contributed by atoms with Gasteiger partial charge >= 0.3 is 6.18 Å². The number of guanidine groups is 1. The molecule has 0 aromatic rings. The Hall–Kier alpha value is -1.02. The van der Waals surface area contributed by atoms with E-state index < -0.39 is 12.7 Å². The van der Waals surface area contributed by atoms with E-state index in [1.807, 2.05) is 0 Å². The van der Waals surface area contributed by atoms with Crippen molar-refractivity contribution in [2.75, 3.05) is 53.4 Å². The van der Waals surface area contributed by atoms with Gasteiger partial charge in [-0.1, -0.05) is 13.3 Å². The van der Waals surface area contributed by atoms with Crippen molar-refractivity contribution >= 4 is 5.96 Å². The second-order valence-corrected chi connectivity index (χ2v) is 6.73. The molecule has 1 unspecified atom stereocenters. The lowest BCUT2D eigenvalue weighted by Crippen LogP contribution is -2.46. The number of likely N-dealkylation sites (tertiary alicyclic amines) is 1. The predicted octanol–water partition coefficient (Wildman–Crippen LogP) is 2.30. The van der Waals surface area contributed by atoms with Crippen molar-refractivity contribution in [1.82, 2.24) is 20.4 Å². The van der Waals surface area contributed by atoms with Crippen LogP contribution in [0, 0.1) is 0 Å². The summed E-state index contributed by atoms with van der Waals surface area (Å²) >= 11 is 0. The van der Waals surface area contributed by atoms with Crippen LogP contribution in [-0.2, 0) is 0 Å². The summed E-state index contributed by atoms with van der Waals surface area (Å²) in [4.78, 5) is 8.00. The quantitative estimate of drug-likeness (QED) is 0.374. The number of halogens is 3. The van der Waals surface area contributed by atoms with Crippen molar-refractivity contribution in [2.45, 2.75) is 51.2 Å². The van der Waals surface area contributed by atoms with Crippen molar-refractivity contribution in [1.29, 1.82) is 0 Å². The molecular formula is C17H34F3N5. The molecule has 1 saturated heterocycles. The van der Waals surface area contributed by atoms with Gasteiger partial charge in [0.15, 0.2) is 5.96 Å². The Bertz CT molecular complexity index is 387. The maximum absolute atomic E-state index is 12.3. The fourth-order valence-corrected chi connectivity index (χ4v) is 3.30. The molecule has 1 atom stereocenters. The number of nitrogens with zero attached hydrogens (tertiary/aromatic N) is 3. The van der Waals surface area contributed by atoms with E-state index in [9.17, 15) is 13.2 Å². The van der Waals surface area contributed by atoms with Crippen LogP contribution in [0.5, 0.6) is 0 Å². The summed E-state index contributed by atoms with van der Waals surface area (Å²) in [6.45, 7) is 5.36. The zero-order valence-corrected chi connectivity index (χ0v) is 15.8. The highest BCUT2D eigenvalue weighted by molar-refractivity contribution is 5.79. The first-order chi connectivity index (χ1) is 11.9. The molecule has 25 heavy (non-hydrogen) atoms. The third-order valence-corrected chi connectivity index (χ3v) is 4.59. The van der Waals surface area contributed by atoms with Crippen LogP contribution in [0.3, 0.4) is 0 Å². The van der Waals surface area contributed by atoms with Crippen molar-refractivity contribution < 1.29 is 13.2 Å². The minimum atomic E-state index is -4.13. The smallest absolute Gasteiger partial charge is 0.356 e. The Labute approximate surface area is 150 Å². The molecule has 1 aliphatic rings. The Balaban J connectivity index is 2.16. The molecule has 2 N–H and O–H groups in total. The summed E-state index contributed by atoms with van der Waals surface area (Å²) in [6.07, 6.45) is 1.58. The number of hydrogen-bond acceptors (Lipinski definition) is 3. The summed E-state index contributed by atoms with van der Waals surface area (Å²) < 4.78 is 36.8. The SMILES string of the molecule is CCC1CCCCN1CCNC(=NC)NCCCN(C)CC(F)(F)F. The number of piperidine rings is 1. The summed E-state index contributed by atoms with van der Waals surface area (Å²) in [5.74, 6) is 0.712. The summed E-state index contributed by atoms with van der Waals surface area (Å²) in [5.41, 5.74) is 0. The zero-order valence-electron chi connectivity index (χ0n) is 15.8. The van der Waals surface area contributed by atoms with Crippen molar-refractivity contribution in [2.24, 2.45) is 4.99 Å². The number of hydrogen-bond donors (Lipinski definition) is 2. The second-order valence-electron chi connectivity index (χ2n) is 6.73. The van der Waals surface area contributed by atoms with Crippen LogP contribution >= 0.6 is 0 Å². The van der Waals surface area contributed by atoms with E-state index in [-0.39, 0.29) is 0 Å². The van der Waals surface area contributed by atoms with Gasteiger partial charge in [0.2, 0.25) is 0 Å². The van der Waals surface area contributed by atoms with E-state index in [1.165, 1.54) is 37.6 Å². The first kappa shape index (κ1) is 22.0. The highest BCUT2D eigenvalue weighted by Crippen LogP contribution is 2.18. The molecule has 0 radical (unpaired) electrons. The first-order valence-electron chi connectivity index (χ1n) is 9.29. The van der Waals surface area contributed by atoms with E-state index in [0.29, 0.717) is 31.5 Å². The van der Waals surface area contributed by atoms with Crippen molar-refractivity contribution in [3.8, 4) is 0 Å². The zero-order chi connectivity index (χ0) is 18.7. The van der Waals surface area contributed by atoms with Crippen molar-refractivity contribution in [3.05, 3.63) is 0 Å². The van der Waals surface area contributed by atoms with Gasteiger partial charge < -0.3 is 10.6 Å². The van der Waals surface area contributed by atoms with Gasteiger partial charge in [0, 0.05) is 32.7 Å². The summed E-state index contributed by atoms with van der Waals surface area (Å²) in [6, 6.07) is 0.690. The van der Waals surface area contributed by atoms with Gasteiger partial charge in [-0.15, -0.1) is 0 Å². The number of rotatable bonds is 9. The number of nitrogens with one attached hydrogen (secondary N) is 2. The molecule has 0 aliphatic carbocycles. The highest BCUT2D eigenvalue weighted by atomic mass is 19.4. The second kappa shape index (κ2) is 11.6. The molecule has 0 amide bonds. The molecule has 1 rings (SSSR count). The van der Waals surface area contributed by atoms with E-state index in [1.54, 1.807) is 7.05 Å². The molecule has 0 aromatic carbocycles. The molecule has 1 heterocycles. The minimum absolute atomic E-state index is 0.398. The largest absolute Gasteiger partial charge is 0.401 e. The number of alkyl halides is 3. The normalized spacial score (nSPS) is 20.1. The van der Waals surface area contributed by atoms with Gasteiger partial charge in [-0.2, -0.15) is 13.2 Å². The molecule has 0 spiro atoms. The molecule has 5 nitrogen and oxygen atoms in total. The van der Waals surface area contributed by atoms with Crippen LogP contribution in [0.4, 0.5) is 13.2 Å². The topological polar surface area (TPSA) is 42.9 Å². The highest BCUT2D eigenvalue weighted by Gasteiger charge is 2.28. The summed E-state index contributed by atoms with van der Waals surface area (Å²) in [5, 5.41) is 6.45. The molecule has 0 saturated carbocycles. The van der Waals surface area contributed by atoms with Crippen LogP contribution in [0.15, 0.2) is 4.99 Å². The lowest BCUT2D eigenvalue weighted by Gasteiger charge is -2.35. The van der Waals surface area contributed by atoms with Gasteiger partial charge in [0.1, 0.15) is 0 Å². The van der Waals surface area contributed by atoms with Crippen LogP contribution in [-0.4, -0.2) is 81.3 Å². The van der Waals surface area contributed by atoms with E-state index in [2.05, 4.69) is 27.4 Å². The molecule has 0 bridgehead atoms. The van der Waals surface area contributed by atoms with E-state index in [4.69, 9.17) is 0 Å². The standard InChI is InChI=1S/C17H34F3N5/c1-4-15-8-5-6-12-25(15)13-10-23-16(21-2)22-9-7-11-24(3)14-17(18,19)20/h15H,4-14H2,1-3H3,(H2,21,22,23). The maximum Gasteiger partial charge on any atom is 0.401 e. The lowest BCUT2D eigenvalue weighted by molar-refractivity contribution is -0.143. The molecule has 0 aromatic heterocycles. The van der Waals surface area contributed by atoms with Crippen LogP contribution < -0.4 is 10.6 Å². The van der Waals surface area contributed by atoms with Gasteiger partial charge in [-0.25, -0.2) is 0 Å². The van der Waals surface area contributed by atoms with Crippen LogP contribution in [0.2, 0.25) is 0 Å². The first-order valence-corrected chi connectivity index (χ1v) is 9.29.